The van der Waals surface area contributed by atoms with Crippen molar-refractivity contribution in [3.63, 3.8) is 0 Å². The molecule has 2 fully saturated rings. The topological polar surface area (TPSA) is 96.4 Å². The molecule has 8 nitrogen and oxygen atoms in total. The number of carboxylic acid groups (broad SMARTS) is 1. The predicted octanol–water partition coefficient (Wildman–Crippen LogP) is -1.54. The van der Waals surface area contributed by atoms with Crippen LogP contribution in [-0.4, -0.2) is 102 Å². The number of amides is 2. The quantitative estimate of drug-likeness (QED) is 0.585. The van der Waals surface area contributed by atoms with Gasteiger partial charge >= 0.3 is 12.0 Å². The number of aliphatic carboxylic acids is 1. The summed E-state index contributed by atoms with van der Waals surface area (Å²) >= 11 is 0. The molecule has 0 radical (unpaired) electrons. The number of rotatable bonds is 3. The van der Waals surface area contributed by atoms with E-state index in [0.717, 1.165) is 19.6 Å². The van der Waals surface area contributed by atoms with Gasteiger partial charge in [0.1, 0.15) is 6.04 Å². The number of nitrogens with zero attached hydrogens (tertiary/aromatic N) is 3. The highest BCUT2D eigenvalue weighted by atomic mass is 16.4. The highest BCUT2D eigenvalue weighted by Crippen LogP contribution is 2.18. The minimum absolute atomic E-state index is 0.0726. The fourth-order valence-corrected chi connectivity index (χ4v) is 2.90. The van der Waals surface area contributed by atoms with Gasteiger partial charge in [-0.2, -0.15) is 0 Å². The zero-order valence-corrected chi connectivity index (χ0v) is 12.5. The Morgan fingerprint density at radius 2 is 1.95 bits per heavy atom. The summed E-state index contributed by atoms with van der Waals surface area (Å²) in [5.41, 5.74) is 0. The summed E-state index contributed by atoms with van der Waals surface area (Å²) in [5, 5.41) is 21.5. The number of piperazine rings is 1. The first kappa shape index (κ1) is 16.0. The largest absolute Gasteiger partial charge is 0.480 e. The van der Waals surface area contributed by atoms with E-state index in [9.17, 15) is 14.7 Å². The lowest BCUT2D eigenvalue weighted by molar-refractivity contribution is -0.141. The van der Waals surface area contributed by atoms with E-state index in [4.69, 9.17) is 5.11 Å². The van der Waals surface area contributed by atoms with Gasteiger partial charge in [0.15, 0.2) is 0 Å². The molecular formula is C13H24N4O4. The van der Waals surface area contributed by atoms with Crippen LogP contribution in [0.25, 0.3) is 0 Å². The standard InChI is InChI=1S/C13H24N4O4/c1-15-3-4-16(2)9(7-15)6-14-13(21)17-8-10(18)5-11(17)12(19)20/h9-11,18H,3-8H2,1-2H3,(H,14,21)(H,19,20)/t9?,10?,11-/m0/s1. The van der Waals surface area contributed by atoms with Gasteiger partial charge in [-0.3, -0.25) is 4.90 Å². The highest BCUT2D eigenvalue weighted by molar-refractivity contribution is 5.83. The maximum Gasteiger partial charge on any atom is 0.326 e. The van der Waals surface area contributed by atoms with Gasteiger partial charge in [0.25, 0.3) is 0 Å². The second-order valence-electron chi connectivity index (χ2n) is 5.98. The molecule has 0 aromatic carbocycles. The van der Waals surface area contributed by atoms with Crippen LogP contribution in [0.5, 0.6) is 0 Å². The zero-order valence-electron chi connectivity index (χ0n) is 12.5. The Kier molecular flexibility index (Phi) is 5.02. The fraction of sp³-hybridized carbons (Fsp3) is 0.846. The third kappa shape index (κ3) is 3.84. The molecule has 0 aliphatic carbocycles. The average molecular weight is 300 g/mol. The zero-order chi connectivity index (χ0) is 15.6. The number of likely N-dealkylation sites (N-methyl/N-ethyl adjacent to an activating group) is 2. The molecule has 0 aromatic rings. The number of nitrogens with one attached hydrogen (secondary N) is 1. The van der Waals surface area contributed by atoms with E-state index in [1.165, 1.54) is 4.90 Å². The maximum absolute atomic E-state index is 12.1. The molecule has 2 heterocycles. The van der Waals surface area contributed by atoms with Gasteiger partial charge in [0.2, 0.25) is 0 Å². The van der Waals surface area contributed by atoms with Gasteiger partial charge in [-0.05, 0) is 14.1 Å². The molecule has 8 heteroatoms. The molecule has 2 aliphatic heterocycles. The first-order chi connectivity index (χ1) is 9.88. The van der Waals surface area contributed by atoms with E-state index >= 15 is 0 Å². The second kappa shape index (κ2) is 6.59. The number of aliphatic hydroxyl groups excluding tert-OH is 1. The third-order valence-corrected chi connectivity index (χ3v) is 4.29. The molecule has 2 rings (SSSR count). The number of β-amino-alcohol motifs (C(OH)–C–C–N with tert-alkyl or cyclic N) is 1. The van der Waals surface area contributed by atoms with Gasteiger partial charge in [0, 0.05) is 45.2 Å². The number of likely N-dealkylation sites (tertiary alicyclic amines) is 1. The molecule has 0 spiro atoms. The van der Waals surface area contributed by atoms with E-state index in [-0.39, 0.29) is 19.0 Å². The van der Waals surface area contributed by atoms with Crippen molar-refractivity contribution in [2.75, 3.05) is 46.8 Å². The molecule has 21 heavy (non-hydrogen) atoms. The van der Waals surface area contributed by atoms with Crippen molar-refractivity contribution < 1.29 is 19.8 Å². The molecule has 0 bridgehead atoms. The van der Waals surface area contributed by atoms with Crippen molar-refractivity contribution in [2.24, 2.45) is 0 Å². The van der Waals surface area contributed by atoms with Gasteiger partial charge in [-0.1, -0.05) is 0 Å². The Morgan fingerprint density at radius 3 is 2.62 bits per heavy atom. The molecule has 2 unspecified atom stereocenters. The minimum atomic E-state index is -1.07. The second-order valence-corrected chi connectivity index (χ2v) is 5.98. The number of carbonyl (C=O) groups excluding carboxylic acids is 1. The molecule has 0 saturated carbocycles. The number of carboxylic acids is 1. The van der Waals surface area contributed by atoms with E-state index in [1.807, 2.05) is 14.1 Å². The van der Waals surface area contributed by atoms with Crippen molar-refractivity contribution in [2.45, 2.75) is 24.6 Å². The number of hydrogen-bond donors (Lipinski definition) is 3. The van der Waals surface area contributed by atoms with Crippen LogP contribution < -0.4 is 5.32 Å². The first-order valence-electron chi connectivity index (χ1n) is 7.22. The fourth-order valence-electron chi connectivity index (χ4n) is 2.90. The monoisotopic (exact) mass is 300 g/mol. The Bertz CT molecular complexity index is 406. The van der Waals surface area contributed by atoms with E-state index in [2.05, 4.69) is 15.1 Å². The van der Waals surface area contributed by atoms with Crippen molar-refractivity contribution >= 4 is 12.0 Å². The van der Waals surface area contributed by atoms with Crippen LogP contribution in [0.4, 0.5) is 4.79 Å². The molecule has 2 amide bonds. The summed E-state index contributed by atoms with van der Waals surface area (Å²) in [7, 11) is 4.06. The smallest absolute Gasteiger partial charge is 0.326 e. The SMILES string of the molecule is CN1CCN(C)C(CNC(=O)N2CC(O)C[C@H]2C(=O)O)C1. The number of carbonyl (C=O) groups is 2. The molecule has 2 saturated heterocycles. The van der Waals surface area contributed by atoms with Crippen molar-refractivity contribution in [3.05, 3.63) is 0 Å². The normalized spacial score (nSPS) is 31.4. The first-order valence-corrected chi connectivity index (χ1v) is 7.22. The Balaban J connectivity index is 1.87. The number of urea groups is 1. The Morgan fingerprint density at radius 1 is 1.24 bits per heavy atom. The Labute approximate surface area is 124 Å². The van der Waals surface area contributed by atoms with Crippen LogP contribution in [0.3, 0.4) is 0 Å². The molecule has 2 aliphatic rings. The van der Waals surface area contributed by atoms with Gasteiger partial charge in [-0.15, -0.1) is 0 Å². The maximum atomic E-state index is 12.1. The van der Waals surface area contributed by atoms with E-state index in [0.29, 0.717) is 6.54 Å². The predicted molar refractivity (Wildman–Crippen MR) is 76.1 cm³/mol. The third-order valence-electron chi connectivity index (χ3n) is 4.29. The van der Waals surface area contributed by atoms with Gasteiger partial charge in [0.05, 0.1) is 6.10 Å². The summed E-state index contributed by atoms with van der Waals surface area (Å²) < 4.78 is 0. The van der Waals surface area contributed by atoms with Crippen molar-refractivity contribution in [1.29, 1.82) is 0 Å². The summed E-state index contributed by atoms with van der Waals surface area (Å²) in [4.78, 5) is 28.9. The number of hydrogen-bond acceptors (Lipinski definition) is 5. The molecule has 3 N–H and O–H groups in total. The summed E-state index contributed by atoms with van der Waals surface area (Å²) in [6.45, 7) is 3.35. The lowest BCUT2D eigenvalue weighted by atomic mass is 10.2. The summed E-state index contributed by atoms with van der Waals surface area (Å²) in [5.74, 6) is -1.07. The van der Waals surface area contributed by atoms with Gasteiger partial charge in [-0.25, -0.2) is 9.59 Å². The molecule has 0 aromatic heterocycles. The lowest BCUT2D eigenvalue weighted by Crippen LogP contribution is -2.56. The van der Waals surface area contributed by atoms with E-state index < -0.39 is 24.1 Å². The Hall–Kier alpha value is -1.38. The van der Waals surface area contributed by atoms with Gasteiger partial charge < -0.3 is 25.3 Å². The van der Waals surface area contributed by atoms with Crippen LogP contribution in [0.2, 0.25) is 0 Å². The summed E-state index contributed by atoms with van der Waals surface area (Å²) in [6, 6.07) is -1.14. The van der Waals surface area contributed by atoms with Crippen LogP contribution in [0.15, 0.2) is 0 Å². The summed E-state index contributed by atoms with van der Waals surface area (Å²) in [6.07, 6.45) is -0.671. The van der Waals surface area contributed by atoms with Crippen LogP contribution >= 0.6 is 0 Å². The molecule has 120 valence electrons. The van der Waals surface area contributed by atoms with Crippen LogP contribution in [-0.2, 0) is 4.79 Å². The van der Waals surface area contributed by atoms with Crippen molar-refractivity contribution in [1.82, 2.24) is 20.0 Å². The van der Waals surface area contributed by atoms with E-state index in [1.54, 1.807) is 0 Å². The number of aliphatic hydroxyl groups is 1. The lowest BCUT2D eigenvalue weighted by Gasteiger charge is -2.38. The van der Waals surface area contributed by atoms with Crippen molar-refractivity contribution in [3.8, 4) is 0 Å². The van der Waals surface area contributed by atoms with Crippen LogP contribution in [0, 0.1) is 0 Å². The average Bonchev–Trinajstić information content (AvgIpc) is 2.82. The minimum Gasteiger partial charge on any atom is -0.480 e. The highest BCUT2D eigenvalue weighted by Gasteiger charge is 2.39. The molecular weight excluding hydrogens is 276 g/mol. The molecule has 3 atom stereocenters. The van der Waals surface area contributed by atoms with Crippen LogP contribution in [0.1, 0.15) is 6.42 Å².